The smallest absolute Gasteiger partial charge is 0.267 e. The molecule has 0 atom stereocenters. The molecular weight excluding hydrogens is 448 g/mol. The summed E-state index contributed by atoms with van der Waals surface area (Å²) < 4.78 is 13.2. The number of aryl methyl sites for hydroxylation is 3. The van der Waals surface area contributed by atoms with Crippen molar-refractivity contribution in [2.75, 3.05) is 12.4 Å². The molecule has 0 aliphatic rings. The lowest BCUT2D eigenvalue weighted by molar-refractivity contribution is 0.102. The highest BCUT2D eigenvalue weighted by Gasteiger charge is 2.18. The van der Waals surface area contributed by atoms with Crippen LogP contribution in [0.15, 0.2) is 70.1 Å². The second-order valence-electron chi connectivity index (χ2n) is 8.02. The van der Waals surface area contributed by atoms with E-state index in [1.165, 1.54) is 10.5 Å². The van der Waals surface area contributed by atoms with Crippen LogP contribution >= 0.6 is 0 Å². The summed E-state index contributed by atoms with van der Waals surface area (Å²) in [5.74, 6) is 0.940. The van der Waals surface area contributed by atoms with Crippen molar-refractivity contribution >= 4 is 28.4 Å². The number of amides is 1. The number of pyridine rings is 2. The van der Waals surface area contributed by atoms with Gasteiger partial charge in [-0.3, -0.25) is 19.4 Å². The molecule has 0 spiro atoms. The van der Waals surface area contributed by atoms with Gasteiger partial charge in [0.2, 0.25) is 0 Å². The third-order valence-electron chi connectivity index (χ3n) is 5.72. The maximum atomic E-state index is 13.3. The maximum Gasteiger partial charge on any atom is 0.267 e. The molecule has 0 aliphatic heterocycles. The van der Waals surface area contributed by atoms with Crippen molar-refractivity contribution in [3.05, 3.63) is 93.5 Å². The number of ether oxygens (including phenoxy) is 1. The summed E-state index contributed by atoms with van der Waals surface area (Å²) in [6.45, 7) is 2.04. The first-order valence-electron chi connectivity index (χ1n) is 10.9. The third kappa shape index (κ3) is 4.17. The predicted molar refractivity (Wildman–Crippen MR) is 129 cm³/mol. The standard InChI is InChI=1S/C25H22N6O4/c1-15-13-20(29-35-15)27-24(32)18-14-19-23(28-21-5-3-4-11-30(21)25(19)33)31(22(18)26)12-10-16-6-8-17(34-2)9-7-16/h3-9,11,13-14,26H,10,12H2,1-2H3,(H,27,29,32). The highest BCUT2D eigenvalue weighted by Crippen LogP contribution is 2.15. The zero-order valence-electron chi connectivity index (χ0n) is 19.1. The van der Waals surface area contributed by atoms with Gasteiger partial charge in [0.15, 0.2) is 5.82 Å². The number of aromatic nitrogens is 4. The molecule has 10 nitrogen and oxygen atoms in total. The van der Waals surface area contributed by atoms with Gasteiger partial charge >= 0.3 is 0 Å². The van der Waals surface area contributed by atoms with E-state index in [0.717, 1.165) is 11.3 Å². The fourth-order valence-electron chi connectivity index (χ4n) is 3.92. The summed E-state index contributed by atoms with van der Waals surface area (Å²) in [4.78, 5) is 31.1. The lowest BCUT2D eigenvalue weighted by Crippen LogP contribution is -2.32. The Balaban J connectivity index is 1.64. The molecule has 2 N–H and O–H groups in total. The van der Waals surface area contributed by atoms with Crippen molar-refractivity contribution in [1.82, 2.24) is 19.1 Å². The van der Waals surface area contributed by atoms with E-state index in [1.54, 1.807) is 49.1 Å². The number of anilines is 1. The van der Waals surface area contributed by atoms with E-state index in [9.17, 15) is 9.59 Å². The van der Waals surface area contributed by atoms with Gasteiger partial charge in [-0.2, -0.15) is 0 Å². The Labute approximate surface area is 198 Å². The zero-order chi connectivity index (χ0) is 24.5. The number of hydrogen-bond donors (Lipinski definition) is 2. The van der Waals surface area contributed by atoms with Gasteiger partial charge in [0, 0.05) is 18.8 Å². The quantitative estimate of drug-likeness (QED) is 0.367. The second kappa shape index (κ2) is 8.90. The molecule has 0 radical (unpaired) electrons. The van der Waals surface area contributed by atoms with Crippen LogP contribution in [-0.4, -0.2) is 32.1 Å². The van der Waals surface area contributed by atoms with Crippen LogP contribution in [-0.2, 0) is 13.0 Å². The highest BCUT2D eigenvalue weighted by molar-refractivity contribution is 6.05. The molecule has 0 bridgehead atoms. The summed E-state index contributed by atoms with van der Waals surface area (Å²) in [5, 5.41) is 15.5. The second-order valence-corrected chi connectivity index (χ2v) is 8.02. The molecule has 5 rings (SSSR count). The molecular formula is C25H22N6O4. The Hall–Kier alpha value is -4.73. The van der Waals surface area contributed by atoms with Gasteiger partial charge in [0.1, 0.15) is 28.3 Å². The van der Waals surface area contributed by atoms with E-state index in [0.29, 0.717) is 30.0 Å². The van der Waals surface area contributed by atoms with Crippen molar-refractivity contribution in [2.45, 2.75) is 19.9 Å². The minimum atomic E-state index is -0.569. The van der Waals surface area contributed by atoms with E-state index in [4.69, 9.17) is 14.7 Å². The molecule has 1 amide bonds. The van der Waals surface area contributed by atoms with Crippen molar-refractivity contribution in [1.29, 1.82) is 5.41 Å². The van der Waals surface area contributed by atoms with Crippen LogP contribution in [0.5, 0.6) is 5.75 Å². The van der Waals surface area contributed by atoms with Gasteiger partial charge in [-0.25, -0.2) is 4.98 Å². The average Bonchev–Trinajstić information content (AvgIpc) is 3.28. The Kier molecular flexibility index (Phi) is 5.61. The molecule has 0 aliphatic carbocycles. The summed E-state index contributed by atoms with van der Waals surface area (Å²) in [5.41, 5.74) is 1.46. The SMILES string of the molecule is COc1ccc(CCn2c(=N)c(C(=O)Nc3cc(C)on3)cc3c(=O)n4ccccc4nc32)cc1. The lowest BCUT2D eigenvalue weighted by atomic mass is 10.1. The van der Waals surface area contributed by atoms with Crippen molar-refractivity contribution < 1.29 is 14.1 Å². The first-order valence-corrected chi connectivity index (χ1v) is 10.9. The van der Waals surface area contributed by atoms with Crippen LogP contribution in [0, 0.1) is 12.3 Å². The molecule has 35 heavy (non-hydrogen) atoms. The van der Waals surface area contributed by atoms with E-state index < -0.39 is 5.91 Å². The fourth-order valence-corrected chi connectivity index (χ4v) is 3.92. The van der Waals surface area contributed by atoms with Crippen LogP contribution in [0.2, 0.25) is 0 Å². The van der Waals surface area contributed by atoms with Crippen molar-refractivity contribution in [2.24, 2.45) is 0 Å². The number of nitrogens with zero attached hydrogens (tertiary/aromatic N) is 4. The Morgan fingerprint density at radius 2 is 1.97 bits per heavy atom. The van der Waals surface area contributed by atoms with Crippen LogP contribution in [0.25, 0.3) is 16.7 Å². The number of fused-ring (bicyclic) bond motifs is 2. The number of carbonyl (C=O) groups excluding carboxylic acids is 1. The summed E-state index contributed by atoms with van der Waals surface area (Å²) in [6, 6.07) is 15.8. The summed E-state index contributed by atoms with van der Waals surface area (Å²) in [6.07, 6.45) is 2.18. The summed E-state index contributed by atoms with van der Waals surface area (Å²) in [7, 11) is 1.61. The maximum absolute atomic E-state index is 13.3. The third-order valence-corrected chi connectivity index (χ3v) is 5.72. The monoisotopic (exact) mass is 470 g/mol. The van der Waals surface area contributed by atoms with Crippen LogP contribution in [0.3, 0.4) is 0 Å². The van der Waals surface area contributed by atoms with Crippen molar-refractivity contribution in [3.8, 4) is 5.75 Å². The fraction of sp³-hybridized carbons (Fsp3) is 0.160. The molecule has 0 saturated heterocycles. The first kappa shape index (κ1) is 22.1. The number of rotatable bonds is 6. The van der Waals surface area contributed by atoms with Gasteiger partial charge < -0.3 is 19.1 Å². The molecule has 176 valence electrons. The zero-order valence-corrected chi connectivity index (χ0v) is 19.1. The molecule has 4 heterocycles. The van der Waals surface area contributed by atoms with Gasteiger partial charge in [-0.1, -0.05) is 23.4 Å². The number of benzene rings is 1. The van der Waals surface area contributed by atoms with Crippen LogP contribution in [0.4, 0.5) is 5.82 Å². The Bertz CT molecular complexity index is 1680. The minimum absolute atomic E-state index is 0.0302. The van der Waals surface area contributed by atoms with Crippen LogP contribution in [0.1, 0.15) is 21.7 Å². The molecule has 1 aromatic carbocycles. The summed E-state index contributed by atoms with van der Waals surface area (Å²) >= 11 is 0. The normalized spacial score (nSPS) is 11.1. The number of nitrogens with one attached hydrogen (secondary N) is 2. The Morgan fingerprint density at radius 1 is 1.17 bits per heavy atom. The highest BCUT2D eigenvalue weighted by atomic mass is 16.5. The number of methoxy groups -OCH3 is 1. The van der Waals surface area contributed by atoms with Gasteiger partial charge in [0.25, 0.3) is 11.5 Å². The van der Waals surface area contributed by atoms with E-state index in [-0.39, 0.29) is 27.8 Å². The molecule has 0 saturated carbocycles. The van der Waals surface area contributed by atoms with Gasteiger partial charge in [-0.15, -0.1) is 0 Å². The molecule has 0 fully saturated rings. The number of hydrogen-bond acceptors (Lipinski definition) is 7. The molecule has 0 unspecified atom stereocenters. The minimum Gasteiger partial charge on any atom is -0.497 e. The largest absolute Gasteiger partial charge is 0.497 e. The van der Waals surface area contributed by atoms with Crippen LogP contribution < -0.4 is 21.1 Å². The lowest BCUT2D eigenvalue weighted by Gasteiger charge is -2.14. The first-order chi connectivity index (χ1) is 16.9. The molecule has 10 heteroatoms. The van der Waals surface area contributed by atoms with E-state index in [1.807, 2.05) is 24.3 Å². The predicted octanol–water partition coefficient (Wildman–Crippen LogP) is 2.93. The van der Waals surface area contributed by atoms with E-state index in [2.05, 4.69) is 15.5 Å². The van der Waals surface area contributed by atoms with E-state index >= 15 is 0 Å². The van der Waals surface area contributed by atoms with Gasteiger partial charge in [0.05, 0.1) is 18.1 Å². The van der Waals surface area contributed by atoms with Crippen molar-refractivity contribution in [3.63, 3.8) is 0 Å². The molecule has 5 aromatic rings. The number of carbonyl (C=O) groups is 1. The average molecular weight is 470 g/mol. The van der Waals surface area contributed by atoms with Gasteiger partial charge in [-0.05, 0) is 49.2 Å². The molecule has 4 aromatic heterocycles. The Morgan fingerprint density at radius 3 is 2.69 bits per heavy atom. The topological polar surface area (TPSA) is 128 Å².